The van der Waals surface area contributed by atoms with Crippen LogP contribution in [0.15, 0.2) is 71.3 Å². The van der Waals surface area contributed by atoms with Crippen molar-refractivity contribution in [3.8, 4) is 5.75 Å². The van der Waals surface area contributed by atoms with Gasteiger partial charge in [-0.05, 0) is 29.3 Å². The zero-order valence-electron chi connectivity index (χ0n) is 13.4. The summed E-state index contributed by atoms with van der Waals surface area (Å²) in [5.41, 5.74) is 3.69. The third-order valence-corrected chi connectivity index (χ3v) is 5.09. The quantitative estimate of drug-likeness (QED) is 0.711. The van der Waals surface area contributed by atoms with Crippen LogP contribution in [0.4, 0.5) is 0 Å². The van der Waals surface area contributed by atoms with E-state index in [1.807, 2.05) is 18.2 Å². The summed E-state index contributed by atoms with van der Waals surface area (Å²) >= 11 is 0. The largest absolute Gasteiger partial charge is 0.481 e. The Morgan fingerprint density at radius 1 is 0.917 bits per heavy atom. The number of nitrogens with zero attached hydrogens (tertiary/aromatic N) is 1. The van der Waals surface area contributed by atoms with Crippen LogP contribution in [0.25, 0.3) is 0 Å². The number of para-hydroxylation sites is 1. The summed E-state index contributed by atoms with van der Waals surface area (Å²) in [6, 6.07) is 21.1. The van der Waals surface area contributed by atoms with E-state index < -0.39 is 0 Å². The normalized spacial score (nSPS) is 22.2. The van der Waals surface area contributed by atoms with Crippen molar-refractivity contribution in [2.24, 2.45) is 0 Å². The lowest BCUT2D eigenvalue weighted by atomic mass is 9.82. The van der Waals surface area contributed by atoms with Gasteiger partial charge in [0.1, 0.15) is 11.5 Å². The highest BCUT2D eigenvalue weighted by atomic mass is 16.5. The molecule has 2 aromatic carbocycles. The molecule has 3 nitrogen and oxygen atoms in total. The van der Waals surface area contributed by atoms with Crippen molar-refractivity contribution in [2.45, 2.75) is 25.1 Å². The first-order valence-electron chi connectivity index (χ1n) is 8.42. The summed E-state index contributed by atoms with van der Waals surface area (Å²) in [6.45, 7) is 2.61. The second-order valence-corrected chi connectivity index (χ2v) is 6.76. The van der Waals surface area contributed by atoms with Gasteiger partial charge in [0.15, 0.2) is 5.60 Å². The van der Waals surface area contributed by atoms with Gasteiger partial charge < -0.3 is 9.15 Å². The van der Waals surface area contributed by atoms with Gasteiger partial charge in [-0.1, -0.05) is 42.5 Å². The molecule has 3 heteroatoms. The molecule has 0 aliphatic carbocycles. The van der Waals surface area contributed by atoms with E-state index in [9.17, 15) is 0 Å². The molecular weight excluding hydrogens is 298 g/mol. The van der Waals surface area contributed by atoms with E-state index in [0.29, 0.717) is 0 Å². The minimum absolute atomic E-state index is 0.287. The third-order valence-electron chi connectivity index (χ3n) is 5.09. The summed E-state index contributed by atoms with van der Waals surface area (Å²) in [5, 5.41) is 0. The van der Waals surface area contributed by atoms with Crippen molar-refractivity contribution >= 4 is 0 Å². The van der Waals surface area contributed by atoms with E-state index in [2.05, 4.69) is 47.4 Å². The van der Waals surface area contributed by atoms with Gasteiger partial charge in [-0.3, -0.25) is 4.90 Å². The lowest BCUT2D eigenvalue weighted by Gasteiger charge is -2.41. The molecule has 120 valence electrons. The van der Waals surface area contributed by atoms with Crippen molar-refractivity contribution in [3.05, 3.63) is 89.4 Å². The van der Waals surface area contributed by atoms with Gasteiger partial charge in [0, 0.05) is 25.1 Å². The van der Waals surface area contributed by atoms with Gasteiger partial charge in [0.2, 0.25) is 0 Å². The molecule has 3 heterocycles. The average molecular weight is 317 g/mol. The van der Waals surface area contributed by atoms with Crippen LogP contribution in [0.1, 0.15) is 22.5 Å². The highest BCUT2D eigenvalue weighted by Crippen LogP contribution is 2.45. The van der Waals surface area contributed by atoms with E-state index in [1.54, 1.807) is 6.26 Å². The van der Waals surface area contributed by atoms with Crippen LogP contribution in [0.2, 0.25) is 0 Å². The number of rotatable bonds is 2. The summed E-state index contributed by atoms with van der Waals surface area (Å²) in [7, 11) is 0. The van der Waals surface area contributed by atoms with Crippen molar-refractivity contribution < 1.29 is 9.15 Å². The van der Waals surface area contributed by atoms with E-state index in [4.69, 9.17) is 9.15 Å². The van der Waals surface area contributed by atoms with Crippen LogP contribution >= 0.6 is 0 Å². The van der Waals surface area contributed by atoms with Crippen LogP contribution in [-0.2, 0) is 25.1 Å². The molecule has 5 rings (SSSR count). The molecule has 0 N–H and O–H groups in total. The number of benzene rings is 2. The molecular formula is C21H19NO2. The summed E-state index contributed by atoms with van der Waals surface area (Å²) in [6.07, 6.45) is 2.67. The fraction of sp³-hybridized carbons (Fsp3) is 0.238. The number of fused-ring (bicyclic) bond motifs is 3. The van der Waals surface area contributed by atoms with Gasteiger partial charge in [-0.2, -0.15) is 0 Å². The first-order chi connectivity index (χ1) is 11.8. The fourth-order valence-corrected chi connectivity index (χ4v) is 4.12. The maximum atomic E-state index is 6.54. The summed E-state index contributed by atoms with van der Waals surface area (Å²) < 4.78 is 12.1. The Labute approximate surface area is 141 Å². The Morgan fingerprint density at radius 2 is 1.75 bits per heavy atom. The first kappa shape index (κ1) is 13.9. The predicted octanol–water partition coefficient (Wildman–Crippen LogP) is 4.13. The first-order valence-corrected chi connectivity index (χ1v) is 8.42. The molecule has 1 unspecified atom stereocenters. The molecule has 1 aromatic heterocycles. The molecule has 2 aliphatic heterocycles. The highest BCUT2D eigenvalue weighted by molar-refractivity contribution is 5.46. The second-order valence-electron chi connectivity index (χ2n) is 6.76. The molecule has 0 bridgehead atoms. The van der Waals surface area contributed by atoms with Crippen molar-refractivity contribution in [1.82, 2.24) is 4.90 Å². The van der Waals surface area contributed by atoms with Gasteiger partial charge >= 0.3 is 0 Å². The Hall–Kier alpha value is -2.52. The zero-order valence-corrected chi connectivity index (χ0v) is 13.4. The maximum absolute atomic E-state index is 6.54. The Bertz CT molecular complexity index is 844. The molecule has 0 fully saturated rings. The van der Waals surface area contributed by atoms with E-state index in [1.165, 1.54) is 16.7 Å². The lowest BCUT2D eigenvalue weighted by Crippen LogP contribution is -2.48. The maximum Gasteiger partial charge on any atom is 0.151 e. The highest BCUT2D eigenvalue weighted by Gasteiger charge is 2.46. The SMILES string of the molecule is c1coc(CN2Cc3ccccc3C3(Cc4ccccc4O3)C2)c1. The second kappa shape index (κ2) is 5.25. The van der Waals surface area contributed by atoms with Gasteiger partial charge in [0.25, 0.3) is 0 Å². The zero-order chi connectivity index (χ0) is 16.0. The predicted molar refractivity (Wildman–Crippen MR) is 91.7 cm³/mol. The molecule has 2 aliphatic rings. The lowest BCUT2D eigenvalue weighted by molar-refractivity contribution is 0.0200. The van der Waals surface area contributed by atoms with E-state index in [0.717, 1.165) is 37.6 Å². The van der Waals surface area contributed by atoms with Crippen LogP contribution in [0.3, 0.4) is 0 Å². The molecule has 0 saturated heterocycles. The van der Waals surface area contributed by atoms with E-state index >= 15 is 0 Å². The smallest absolute Gasteiger partial charge is 0.151 e. The minimum atomic E-state index is -0.287. The van der Waals surface area contributed by atoms with Gasteiger partial charge in [-0.25, -0.2) is 0 Å². The van der Waals surface area contributed by atoms with Crippen LogP contribution in [0.5, 0.6) is 5.75 Å². The number of hydrogen-bond acceptors (Lipinski definition) is 3. The molecule has 3 aromatic rings. The molecule has 24 heavy (non-hydrogen) atoms. The van der Waals surface area contributed by atoms with Gasteiger partial charge in [0.05, 0.1) is 12.8 Å². The standard InChI is InChI=1S/C21H19NO2/c1-3-9-19-17(7-1)13-22(14-18-8-5-11-23-18)15-21(19)12-16-6-2-4-10-20(16)24-21/h1-11H,12-15H2. The molecule has 0 saturated carbocycles. The van der Waals surface area contributed by atoms with E-state index in [-0.39, 0.29) is 5.60 Å². The number of furan rings is 1. The Balaban J connectivity index is 1.54. The Kier molecular flexibility index (Phi) is 3.03. The summed E-state index contributed by atoms with van der Waals surface area (Å²) in [5.74, 6) is 2.02. The number of ether oxygens (including phenoxy) is 1. The Morgan fingerprint density at radius 3 is 2.58 bits per heavy atom. The van der Waals surface area contributed by atoms with Crippen molar-refractivity contribution in [3.63, 3.8) is 0 Å². The molecule has 1 spiro atoms. The third kappa shape index (κ3) is 2.16. The van der Waals surface area contributed by atoms with Crippen molar-refractivity contribution in [1.29, 1.82) is 0 Å². The van der Waals surface area contributed by atoms with Crippen molar-refractivity contribution in [2.75, 3.05) is 6.54 Å². The van der Waals surface area contributed by atoms with Crippen LogP contribution in [-0.4, -0.2) is 11.4 Å². The summed E-state index contributed by atoms with van der Waals surface area (Å²) in [4.78, 5) is 2.42. The number of hydrogen-bond donors (Lipinski definition) is 0. The monoisotopic (exact) mass is 317 g/mol. The van der Waals surface area contributed by atoms with Crippen LogP contribution in [0, 0.1) is 0 Å². The molecule has 1 atom stereocenters. The van der Waals surface area contributed by atoms with Gasteiger partial charge in [-0.15, -0.1) is 0 Å². The molecule has 0 radical (unpaired) electrons. The fourth-order valence-electron chi connectivity index (χ4n) is 4.12. The minimum Gasteiger partial charge on any atom is -0.481 e. The molecule has 0 amide bonds. The van der Waals surface area contributed by atoms with Crippen LogP contribution < -0.4 is 4.74 Å². The average Bonchev–Trinajstić information content (AvgIpc) is 3.22. The topological polar surface area (TPSA) is 25.6 Å².